The predicted octanol–water partition coefficient (Wildman–Crippen LogP) is 0.912. The van der Waals surface area contributed by atoms with Crippen LogP contribution >= 0.6 is 18.6 Å². The van der Waals surface area contributed by atoms with Crippen molar-refractivity contribution < 1.29 is 17.1 Å². The van der Waals surface area contributed by atoms with E-state index in [9.17, 15) is 0 Å². The van der Waals surface area contributed by atoms with E-state index in [1.165, 1.54) is 26.2 Å². The highest BCUT2D eigenvalue weighted by atomic mass is 35.5. The summed E-state index contributed by atoms with van der Waals surface area (Å²) in [7, 11) is -2.13. The molecule has 1 aliphatic heterocycles. The van der Waals surface area contributed by atoms with E-state index in [0.717, 1.165) is 31.4 Å². The average molecular weight is 481 g/mol. The molecule has 6 heteroatoms. The Balaban J connectivity index is 0.00000245. The Labute approximate surface area is 200 Å². The Morgan fingerprint density at radius 1 is 0.750 bits per heavy atom. The zero-order chi connectivity index (χ0) is 21.1. The summed E-state index contributed by atoms with van der Waals surface area (Å²) in [6.07, 6.45) is 0. The summed E-state index contributed by atoms with van der Waals surface area (Å²) in [4.78, 5) is 9.05. The van der Waals surface area contributed by atoms with Crippen molar-refractivity contribution in [1.82, 2.24) is 4.98 Å². The smallest absolute Gasteiger partial charge is 0.213 e. The van der Waals surface area contributed by atoms with E-state index in [1.54, 1.807) is 0 Å². The first kappa shape index (κ1) is 22.9. The Bertz CT molecular complexity index is 1040. The molecule has 4 aromatic rings. The summed E-state index contributed by atoms with van der Waals surface area (Å²) >= 11 is 1.82. The molecule has 0 aliphatic carbocycles. The van der Waals surface area contributed by atoms with Gasteiger partial charge in [-0.05, 0) is 43.3 Å². The lowest BCUT2D eigenvalue weighted by Crippen LogP contribution is -3.00. The van der Waals surface area contributed by atoms with E-state index in [1.807, 2.05) is 11.3 Å². The van der Waals surface area contributed by atoms with Crippen LogP contribution in [0, 0.1) is 6.92 Å². The van der Waals surface area contributed by atoms with E-state index in [0.29, 0.717) is 0 Å². The second-order valence-corrected chi connectivity index (χ2v) is 12.1. The normalized spacial score (nSPS) is 14.1. The topological polar surface area (TPSA) is 25.4 Å². The molecule has 32 heavy (non-hydrogen) atoms. The Morgan fingerprint density at radius 3 is 1.62 bits per heavy atom. The largest absolute Gasteiger partial charge is 1.00 e. The average Bonchev–Trinajstić information content (AvgIpc) is 3.24. The number of aryl methyl sites for hydroxylation is 1. The first-order valence-electron chi connectivity index (χ1n) is 10.7. The van der Waals surface area contributed by atoms with Crippen molar-refractivity contribution in [3.8, 4) is 0 Å². The van der Waals surface area contributed by atoms with E-state index in [-0.39, 0.29) is 12.4 Å². The number of rotatable bonds is 5. The van der Waals surface area contributed by atoms with Gasteiger partial charge in [-0.1, -0.05) is 65.9 Å². The van der Waals surface area contributed by atoms with Crippen molar-refractivity contribution in [1.29, 1.82) is 0 Å². The number of hydrogen-bond acceptors (Lipinski definition) is 4. The van der Waals surface area contributed by atoms with Gasteiger partial charge in [0.25, 0.3) is 0 Å². The van der Waals surface area contributed by atoms with Crippen LogP contribution in [-0.4, -0.2) is 31.3 Å². The zero-order valence-corrected chi connectivity index (χ0v) is 20.5. The van der Waals surface area contributed by atoms with Gasteiger partial charge >= 0.3 is 0 Å². The fraction of sp³-hybridized carbons (Fsp3) is 0.192. The molecule has 3 nitrogen and oxygen atoms in total. The third-order valence-corrected chi connectivity index (χ3v) is 11.3. The highest BCUT2D eigenvalue weighted by molar-refractivity contribution is 8.01. The minimum absolute atomic E-state index is 0. The number of benzene rings is 3. The van der Waals surface area contributed by atoms with Crippen LogP contribution in [0.2, 0.25) is 0 Å². The van der Waals surface area contributed by atoms with Crippen LogP contribution in [0.15, 0.2) is 91.0 Å². The first-order valence-corrected chi connectivity index (χ1v) is 13.3. The van der Waals surface area contributed by atoms with Crippen molar-refractivity contribution in [3.63, 3.8) is 0 Å². The van der Waals surface area contributed by atoms with Gasteiger partial charge < -0.3 is 22.0 Å². The maximum atomic E-state index is 5.58. The lowest BCUT2D eigenvalue weighted by atomic mass is 10.4. The van der Waals surface area contributed by atoms with E-state index in [4.69, 9.17) is 9.72 Å². The number of morpholine rings is 1. The molecule has 0 spiro atoms. The minimum Gasteiger partial charge on any atom is -1.00 e. The Morgan fingerprint density at radius 2 is 1.19 bits per heavy atom. The summed E-state index contributed by atoms with van der Waals surface area (Å²) in [5.41, 5.74) is 1.22. The first-order chi connectivity index (χ1) is 15.3. The molecule has 0 atom stereocenters. The van der Waals surface area contributed by atoms with Crippen LogP contribution in [-0.2, 0) is 4.74 Å². The maximum absolute atomic E-state index is 5.58. The van der Waals surface area contributed by atoms with Gasteiger partial charge in [-0.15, -0.1) is 0 Å². The highest BCUT2D eigenvalue weighted by Gasteiger charge is 2.51. The third kappa shape index (κ3) is 4.09. The number of halogens is 1. The number of thiazole rings is 1. The summed E-state index contributed by atoms with van der Waals surface area (Å²) in [6, 6.07) is 32.9. The number of nitrogens with zero attached hydrogens (tertiary/aromatic N) is 2. The molecule has 0 amide bonds. The summed E-state index contributed by atoms with van der Waals surface area (Å²) < 4.78 is 5.58. The molecule has 1 aromatic heterocycles. The van der Waals surface area contributed by atoms with Gasteiger partial charge in [-0.3, -0.25) is 0 Å². The van der Waals surface area contributed by atoms with Crippen molar-refractivity contribution in [3.05, 3.63) is 95.9 Å². The summed E-state index contributed by atoms with van der Waals surface area (Å²) in [6.45, 7) is 5.58. The van der Waals surface area contributed by atoms with Crippen molar-refractivity contribution in [2.75, 3.05) is 31.2 Å². The lowest BCUT2D eigenvalue weighted by Gasteiger charge is -2.27. The quantitative estimate of drug-likeness (QED) is 0.397. The molecule has 1 fully saturated rings. The molecule has 0 saturated carbocycles. The van der Waals surface area contributed by atoms with Gasteiger partial charge in [0.1, 0.15) is 15.9 Å². The van der Waals surface area contributed by atoms with Crippen LogP contribution in [0.25, 0.3) is 0 Å². The zero-order valence-electron chi connectivity index (χ0n) is 18.0. The molecule has 0 radical (unpaired) electrons. The van der Waals surface area contributed by atoms with Crippen LogP contribution < -0.4 is 38.7 Å². The molecular weight excluding hydrogens is 455 g/mol. The monoisotopic (exact) mass is 480 g/mol. The maximum Gasteiger partial charge on any atom is 0.213 e. The van der Waals surface area contributed by atoms with Gasteiger partial charge in [0, 0.05) is 13.1 Å². The van der Waals surface area contributed by atoms with Crippen LogP contribution in [0.1, 0.15) is 4.88 Å². The molecule has 1 saturated heterocycles. The number of hydrogen-bond donors (Lipinski definition) is 0. The second-order valence-electron chi connectivity index (χ2n) is 7.65. The van der Waals surface area contributed by atoms with Crippen LogP contribution in [0.4, 0.5) is 5.13 Å². The molecule has 164 valence electrons. The standard InChI is InChI=1S/C26H26N2OPS.ClH/c1-21-25(27-26(31-21)28-17-19-29-20-18-28)30(22-11-5-2-6-12-22,23-13-7-3-8-14-23)24-15-9-4-10-16-24;/h2-16H,17-20H2,1H3;1H/q+1;/p-1. The number of anilines is 1. The molecule has 2 heterocycles. The van der Waals surface area contributed by atoms with Crippen molar-refractivity contribution in [2.45, 2.75) is 6.92 Å². The fourth-order valence-electron chi connectivity index (χ4n) is 4.34. The van der Waals surface area contributed by atoms with Gasteiger partial charge in [0.2, 0.25) is 5.44 Å². The Kier molecular flexibility index (Phi) is 7.27. The van der Waals surface area contributed by atoms with E-state index < -0.39 is 7.26 Å². The van der Waals surface area contributed by atoms with Crippen molar-refractivity contribution >= 4 is 45.1 Å². The molecule has 3 aromatic carbocycles. The van der Waals surface area contributed by atoms with E-state index >= 15 is 0 Å². The van der Waals surface area contributed by atoms with Gasteiger partial charge in [-0.2, -0.15) is 4.98 Å². The SMILES string of the molecule is Cc1sc(N2CCOCC2)nc1[P+](c1ccccc1)(c1ccccc1)c1ccccc1.[Cl-]. The van der Waals surface area contributed by atoms with Gasteiger partial charge in [0.05, 0.1) is 18.1 Å². The lowest BCUT2D eigenvalue weighted by molar-refractivity contribution is -0.00000676. The molecule has 0 bridgehead atoms. The molecular formula is C26H26ClN2OPS. The van der Waals surface area contributed by atoms with Crippen LogP contribution in [0.3, 0.4) is 0 Å². The highest BCUT2D eigenvalue weighted by Crippen LogP contribution is 2.55. The summed E-state index contributed by atoms with van der Waals surface area (Å²) in [5, 5.41) is 5.14. The van der Waals surface area contributed by atoms with Crippen molar-refractivity contribution in [2.24, 2.45) is 0 Å². The number of ether oxygens (including phenoxy) is 1. The van der Waals surface area contributed by atoms with Gasteiger partial charge in [0.15, 0.2) is 12.4 Å². The van der Waals surface area contributed by atoms with E-state index in [2.05, 4.69) is 103 Å². The molecule has 0 N–H and O–H groups in total. The molecule has 5 rings (SSSR count). The van der Waals surface area contributed by atoms with Crippen LogP contribution in [0.5, 0.6) is 0 Å². The minimum atomic E-state index is -2.13. The second kappa shape index (κ2) is 10.1. The predicted molar refractivity (Wildman–Crippen MR) is 135 cm³/mol. The fourth-order valence-corrected chi connectivity index (χ4v) is 10.0. The molecule has 0 unspecified atom stereocenters. The number of aromatic nitrogens is 1. The summed E-state index contributed by atoms with van der Waals surface area (Å²) in [5.74, 6) is 0. The Hall–Kier alpha value is -2.23. The molecule has 1 aliphatic rings. The van der Waals surface area contributed by atoms with Gasteiger partial charge in [-0.25, -0.2) is 0 Å². The third-order valence-electron chi connectivity index (χ3n) is 5.79.